The highest BCUT2D eigenvalue weighted by molar-refractivity contribution is 7.25. The van der Waals surface area contributed by atoms with E-state index >= 15 is 0 Å². The van der Waals surface area contributed by atoms with Crippen molar-refractivity contribution >= 4 is 85.8 Å². The number of benzene rings is 9. The molecule has 0 radical (unpaired) electrons. The van der Waals surface area contributed by atoms with Gasteiger partial charge in [0, 0.05) is 47.5 Å². The molecule has 11 aromatic rings. The summed E-state index contributed by atoms with van der Waals surface area (Å²) < 4.78 is 9.80. The Kier molecular flexibility index (Phi) is 5.78. The number of hydrogen-bond donors (Lipinski definition) is 0. The minimum Gasteiger partial charge on any atom is -0.455 e. The van der Waals surface area contributed by atoms with Crippen LogP contribution in [-0.2, 0) is 5.41 Å². The number of furan rings is 1. The van der Waals surface area contributed by atoms with Crippen LogP contribution in [0.5, 0.6) is 0 Å². The summed E-state index contributed by atoms with van der Waals surface area (Å²) >= 11 is 1.88. The van der Waals surface area contributed by atoms with Gasteiger partial charge in [-0.3, -0.25) is 0 Å². The van der Waals surface area contributed by atoms with Gasteiger partial charge < -0.3 is 4.42 Å². The maximum Gasteiger partial charge on any atom is 0.143 e. The first-order valence-corrected chi connectivity index (χ1v) is 19.2. The van der Waals surface area contributed by atoms with Gasteiger partial charge >= 0.3 is 0 Å². The fourth-order valence-corrected chi connectivity index (χ4v) is 10.8. The van der Waals surface area contributed by atoms with E-state index in [4.69, 9.17) is 4.42 Å². The molecule has 0 saturated heterocycles. The Hall–Kier alpha value is -6.22. The SMILES string of the molecule is CC1(C)c2ccccc2-c2cc3c(oc4cc5ccccc5cc43)c(-c3c4ccccc4c(-c4ccc5c(c4)sc4ccccc45)c4ccccc34)c21. The van der Waals surface area contributed by atoms with E-state index in [0.29, 0.717) is 0 Å². The van der Waals surface area contributed by atoms with E-state index in [2.05, 4.69) is 172 Å². The molecule has 0 unspecified atom stereocenters. The summed E-state index contributed by atoms with van der Waals surface area (Å²) in [6, 6.07) is 58.5. The van der Waals surface area contributed by atoms with E-state index in [1.165, 1.54) is 102 Å². The molecule has 12 rings (SSSR count). The van der Waals surface area contributed by atoms with Crippen molar-refractivity contribution in [3.05, 3.63) is 169 Å². The van der Waals surface area contributed by atoms with Crippen LogP contribution in [0, 0.1) is 0 Å². The Balaban J connectivity index is 1.25. The Bertz CT molecular complexity index is 3320. The van der Waals surface area contributed by atoms with Gasteiger partial charge in [-0.2, -0.15) is 0 Å². The van der Waals surface area contributed by atoms with Crippen molar-refractivity contribution < 1.29 is 4.42 Å². The molecule has 9 aromatic carbocycles. The van der Waals surface area contributed by atoms with E-state index < -0.39 is 0 Å². The zero-order valence-corrected chi connectivity index (χ0v) is 30.1. The third-order valence-corrected chi connectivity index (χ3v) is 13.1. The highest BCUT2D eigenvalue weighted by Gasteiger charge is 2.40. The van der Waals surface area contributed by atoms with E-state index in [1.807, 2.05) is 11.3 Å². The Morgan fingerprint density at radius 3 is 1.79 bits per heavy atom. The lowest BCUT2D eigenvalue weighted by Crippen LogP contribution is -2.16. The molecule has 1 aliphatic rings. The van der Waals surface area contributed by atoms with Gasteiger partial charge in [-0.15, -0.1) is 11.3 Å². The first-order chi connectivity index (χ1) is 26.0. The number of fused-ring (bicyclic) bond motifs is 12. The van der Waals surface area contributed by atoms with Crippen LogP contribution < -0.4 is 0 Å². The Morgan fingerprint density at radius 1 is 0.434 bits per heavy atom. The van der Waals surface area contributed by atoms with Crippen molar-refractivity contribution in [3.63, 3.8) is 0 Å². The van der Waals surface area contributed by atoms with Crippen LogP contribution in [0.2, 0.25) is 0 Å². The van der Waals surface area contributed by atoms with Crippen LogP contribution in [0.1, 0.15) is 25.0 Å². The molecule has 2 aromatic heterocycles. The van der Waals surface area contributed by atoms with Gasteiger partial charge in [0.1, 0.15) is 11.2 Å². The van der Waals surface area contributed by atoms with Gasteiger partial charge in [0.05, 0.1) is 0 Å². The molecule has 0 atom stereocenters. The second kappa shape index (κ2) is 10.4. The van der Waals surface area contributed by atoms with Crippen molar-refractivity contribution in [1.82, 2.24) is 0 Å². The van der Waals surface area contributed by atoms with Crippen LogP contribution in [0.15, 0.2) is 162 Å². The molecule has 0 spiro atoms. The molecular weight excluding hydrogens is 661 g/mol. The van der Waals surface area contributed by atoms with Crippen LogP contribution >= 0.6 is 11.3 Å². The minimum absolute atomic E-state index is 0.244. The number of hydrogen-bond acceptors (Lipinski definition) is 2. The van der Waals surface area contributed by atoms with E-state index in [9.17, 15) is 0 Å². The fourth-order valence-electron chi connectivity index (χ4n) is 9.68. The molecule has 0 amide bonds. The molecule has 2 heterocycles. The summed E-state index contributed by atoms with van der Waals surface area (Å²) in [6.07, 6.45) is 0. The lowest BCUT2D eigenvalue weighted by Gasteiger charge is -2.26. The zero-order valence-electron chi connectivity index (χ0n) is 29.3. The lowest BCUT2D eigenvalue weighted by atomic mass is 9.76. The predicted molar refractivity (Wildman–Crippen MR) is 228 cm³/mol. The zero-order chi connectivity index (χ0) is 35.0. The summed E-state index contributed by atoms with van der Waals surface area (Å²) in [5.74, 6) is 0. The summed E-state index contributed by atoms with van der Waals surface area (Å²) in [6.45, 7) is 4.78. The molecule has 248 valence electrons. The highest BCUT2D eigenvalue weighted by Crippen LogP contribution is 2.58. The highest BCUT2D eigenvalue weighted by atomic mass is 32.1. The molecular formula is C51H32OS. The average Bonchev–Trinajstić information content (AvgIpc) is 3.82. The standard InChI is InChI=1S/C51H32OS/c1-51(2)42-21-11-9-15-32(42)40-28-41-39-25-29-13-3-4-14-30(29)26-43(39)52-50(41)48(49(40)51)47-37-19-7-5-17-35(37)46(36-18-6-8-20-38(36)47)31-23-24-34-33-16-10-12-22-44(33)53-45(34)27-31/h3-28H,1-2H3. The van der Waals surface area contributed by atoms with Crippen molar-refractivity contribution in [1.29, 1.82) is 0 Å². The average molecular weight is 693 g/mol. The molecule has 0 saturated carbocycles. The first kappa shape index (κ1) is 29.4. The van der Waals surface area contributed by atoms with Crippen LogP contribution in [0.3, 0.4) is 0 Å². The smallest absolute Gasteiger partial charge is 0.143 e. The molecule has 2 heteroatoms. The largest absolute Gasteiger partial charge is 0.455 e. The number of rotatable bonds is 2. The second-order valence-corrected chi connectivity index (χ2v) is 16.3. The molecule has 0 fully saturated rings. The van der Waals surface area contributed by atoms with Crippen LogP contribution in [0.4, 0.5) is 0 Å². The van der Waals surface area contributed by atoms with Gasteiger partial charge in [0.25, 0.3) is 0 Å². The summed E-state index contributed by atoms with van der Waals surface area (Å²) in [4.78, 5) is 0. The molecule has 53 heavy (non-hydrogen) atoms. The van der Waals surface area contributed by atoms with Crippen molar-refractivity contribution in [2.45, 2.75) is 19.3 Å². The fraction of sp³-hybridized carbons (Fsp3) is 0.0588. The third-order valence-electron chi connectivity index (χ3n) is 12.0. The Labute approximate surface area is 310 Å². The number of thiophene rings is 1. The molecule has 0 aliphatic heterocycles. The van der Waals surface area contributed by atoms with E-state index in [0.717, 1.165) is 16.6 Å². The topological polar surface area (TPSA) is 13.1 Å². The third kappa shape index (κ3) is 3.91. The summed E-state index contributed by atoms with van der Waals surface area (Å²) in [7, 11) is 0. The van der Waals surface area contributed by atoms with Gasteiger partial charge in [-0.05, 0) is 96.0 Å². The summed E-state index contributed by atoms with van der Waals surface area (Å²) in [5.41, 5.74) is 11.9. The second-order valence-electron chi connectivity index (χ2n) is 15.2. The molecule has 0 bridgehead atoms. The molecule has 1 nitrogen and oxygen atoms in total. The van der Waals surface area contributed by atoms with Crippen LogP contribution in [0.25, 0.3) is 108 Å². The van der Waals surface area contributed by atoms with Gasteiger partial charge in [-0.1, -0.05) is 141 Å². The molecule has 1 aliphatic carbocycles. The maximum atomic E-state index is 7.15. The predicted octanol–water partition coefficient (Wildman–Crippen LogP) is 15.1. The summed E-state index contributed by atoms with van der Waals surface area (Å²) in [5, 5.41) is 12.4. The minimum atomic E-state index is -0.244. The van der Waals surface area contributed by atoms with Crippen molar-refractivity contribution in [2.24, 2.45) is 0 Å². The van der Waals surface area contributed by atoms with Crippen molar-refractivity contribution in [2.75, 3.05) is 0 Å². The van der Waals surface area contributed by atoms with E-state index in [-0.39, 0.29) is 5.41 Å². The first-order valence-electron chi connectivity index (χ1n) is 18.4. The van der Waals surface area contributed by atoms with E-state index in [1.54, 1.807) is 0 Å². The van der Waals surface area contributed by atoms with Crippen LogP contribution in [-0.4, -0.2) is 0 Å². The maximum absolute atomic E-state index is 7.15. The van der Waals surface area contributed by atoms with Gasteiger partial charge in [0.2, 0.25) is 0 Å². The lowest BCUT2D eigenvalue weighted by molar-refractivity contribution is 0.650. The normalized spacial score (nSPS) is 13.6. The van der Waals surface area contributed by atoms with Gasteiger partial charge in [-0.25, -0.2) is 0 Å². The quantitative estimate of drug-likeness (QED) is 0.164. The van der Waals surface area contributed by atoms with Gasteiger partial charge in [0.15, 0.2) is 0 Å². The monoisotopic (exact) mass is 692 g/mol. The molecule has 0 N–H and O–H groups in total. The van der Waals surface area contributed by atoms with Crippen molar-refractivity contribution in [3.8, 4) is 33.4 Å². The Morgan fingerprint density at radius 2 is 1.04 bits per heavy atom.